The Morgan fingerprint density at radius 2 is 1.89 bits per heavy atom. The summed E-state index contributed by atoms with van der Waals surface area (Å²) in [6.45, 7) is 1.60. The summed E-state index contributed by atoms with van der Waals surface area (Å²) in [6.07, 6.45) is 0.591. The predicted octanol–water partition coefficient (Wildman–Crippen LogP) is 1.13. The molecule has 1 rings (SSSR count). The van der Waals surface area contributed by atoms with Gasteiger partial charge in [0.15, 0.2) is 0 Å². The second kappa shape index (κ2) is 7.53. The van der Waals surface area contributed by atoms with Gasteiger partial charge in [0.25, 0.3) is 0 Å². The maximum atomic E-state index is 12.1. The van der Waals surface area contributed by atoms with Crippen LogP contribution in [0.15, 0.2) is 30.3 Å². The van der Waals surface area contributed by atoms with Crippen LogP contribution < -0.4 is 5.32 Å². The van der Waals surface area contributed by atoms with Gasteiger partial charge in [-0.15, -0.1) is 0 Å². The molecule has 0 bridgehead atoms. The molecular formula is C14H19NO4. The number of benzene rings is 1. The number of hydrogen-bond donors (Lipinski definition) is 3. The quantitative estimate of drug-likeness (QED) is 0.690. The molecule has 104 valence electrons. The summed E-state index contributed by atoms with van der Waals surface area (Å²) in [5.74, 6) is -1.83. The fourth-order valence-electron chi connectivity index (χ4n) is 1.92. The molecule has 0 radical (unpaired) electrons. The SMILES string of the molecule is CCC(C(=O)N[C@@H](CCO)C(=O)O)c1ccccc1. The summed E-state index contributed by atoms with van der Waals surface area (Å²) in [7, 11) is 0. The highest BCUT2D eigenvalue weighted by atomic mass is 16.4. The molecule has 0 heterocycles. The van der Waals surface area contributed by atoms with Gasteiger partial charge >= 0.3 is 5.97 Å². The Kier molecular flexibility index (Phi) is 6.02. The summed E-state index contributed by atoms with van der Waals surface area (Å²) in [6, 6.07) is 8.18. The second-order valence-electron chi connectivity index (χ2n) is 4.28. The average molecular weight is 265 g/mol. The minimum absolute atomic E-state index is 0.00625. The fraction of sp³-hybridized carbons (Fsp3) is 0.429. The molecule has 19 heavy (non-hydrogen) atoms. The number of carbonyl (C=O) groups is 2. The van der Waals surface area contributed by atoms with Crippen LogP contribution in [0.2, 0.25) is 0 Å². The second-order valence-corrected chi connectivity index (χ2v) is 4.28. The van der Waals surface area contributed by atoms with E-state index in [9.17, 15) is 9.59 Å². The summed E-state index contributed by atoms with van der Waals surface area (Å²) in [5.41, 5.74) is 0.857. The monoisotopic (exact) mass is 265 g/mol. The molecule has 0 fully saturated rings. The number of aliphatic hydroxyl groups excluding tert-OH is 1. The van der Waals surface area contributed by atoms with Gasteiger partial charge in [-0.1, -0.05) is 37.3 Å². The zero-order chi connectivity index (χ0) is 14.3. The smallest absolute Gasteiger partial charge is 0.326 e. The molecule has 0 saturated carbocycles. The summed E-state index contributed by atoms with van der Waals surface area (Å²) < 4.78 is 0. The maximum Gasteiger partial charge on any atom is 0.326 e. The number of carboxylic acid groups (broad SMARTS) is 1. The van der Waals surface area contributed by atoms with E-state index in [0.29, 0.717) is 6.42 Å². The molecule has 0 aliphatic carbocycles. The Labute approximate surface area is 112 Å². The van der Waals surface area contributed by atoms with Crippen molar-refractivity contribution in [3.63, 3.8) is 0 Å². The van der Waals surface area contributed by atoms with Crippen LogP contribution in [0.4, 0.5) is 0 Å². The minimum Gasteiger partial charge on any atom is -0.480 e. The number of carbonyl (C=O) groups excluding carboxylic acids is 1. The van der Waals surface area contributed by atoms with Crippen molar-refractivity contribution in [2.24, 2.45) is 0 Å². The number of aliphatic hydroxyl groups is 1. The molecule has 1 amide bonds. The summed E-state index contributed by atoms with van der Waals surface area (Å²) >= 11 is 0. The van der Waals surface area contributed by atoms with Crippen molar-refractivity contribution in [3.8, 4) is 0 Å². The Hall–Kier alpha value is -1.88. The average Bonchev–Trinajstić information content (AvgIpc) is 2.40. The molecule has 2 atom stereocenters. The van der Waals surface area contributed by atoms with Crippen LogP contribution in [-0.2, 0) is 9.59 Å². The summed E-state index contributed by atoms with van der Waals surface area (Å²) in [5, 5.41) is 20.2. The highest BCUT2D eigenvalue weighted by Gasteiger charge is 2.24. The third-order valence-electron chi connectivity index (χ3n) is 2.96. The van der Waals surface area contributed by atoms with Crippen molar-refractivity contribution in [2.45, 2.75) is 31.7 Å². The molecular weight excluding hydrogens is 246 g/mol. The number of nitrogens with one attached hydrogen (secondary N) is 1. The molecule has 0 saturated heterocycles. The first-order chi connectivity index (χ1) is 9.10. The standard InChI is InChI=1S/C14H19NO4/c1-2-11(10-6-4-3-5-7-10)13(17)15-12(8-9-16)14(18)19/h3-7,11-12,16H,2,8-9H2,1H3,(H,15,17)(H,18,19)/t11?,12-/m0/s1. The number of hydrogen-bond acceptors (Lipinski definition) is 3. The largest absolute Gasteiger partial charge is 0.480 e. The van der Waals surface area contributed by atoms with Crippen molar-refractivity contribution in [2.75, 3.05) is 6.61 Å². The molecule has 3 N–H and O–H groups in total. The van der Waals surface area contributed by atoms with Crippen molar-refractivity contribution in [1.82, 2.24) is 5.32 Å². The third kappa shape index (κ3) is 4.37. The molecule has 5 nitrogen and oxygen atoms in total. The number of carboxylic acids is 1. The van der Waals surface area contributed by atoms with Crippen LogP contribution in [0, 0.1) is 0 Å². The maximum absolute atomic E-state index is 12.1. The van der Waals surface area contributed by atoms with Crippen molar-refractivity contribution in [3.05, 3.63) is 35.9 Å². The molecule has 0 aliphatic heterocycles. The number of aliphatic carboxylic acids is 1. The highest BCUT2D eigenvalue weighted by Crippen LogP contribution is 2.19. The Balaban J connectivity index is 2.76. The van der Waals surface area contributed by atoms with Crippen molar-refractivity contribution in [1.29, 1.82) is 0 Å². The van der Waals surface area contributed by atoms with E-state index in [2.05, 4.69) is 5.32 Å². The van der Waals surface area contributed by atoms with E-state index in [-0.39, 0.29) is 24.9 Å². The van der Waals surface area contributed by atoms with Gasteiger partial charge in [-0.3, -0.25) is 4.79 Å². The van der Waals surface area contributed by atoms with Gasteiger partial charge < -0.3 is 15.5 Å². The van der Waals surface area contributed by atoms with E-state index in [1.165, 1.54) is 0 Å². The normalized spacial score (nSPS) is 13.6. The van der Waals surface area contributed by atoms with E-state index >= 15 is 0 Å². The van der Waals surface area contributed by atoms with Gasteiger partial charge in [-0.05, 0) is 12.0 Å². The van der Waals surface area contributed by atoms with Crippen LogP contribution in [0.25, 0.3) is 0 Å². The highest BCUT2D eigenvalue weighted by molar-refractivity contribution is 5.88. The molecule has 1 aromatic rings. The number of rotatable bonds is 7. The Morgan fingerprint density at radius 3 is 2.37 bits per heavy atom. The Morgan fingerprint density at radius 1 is 1.26 bits per heavy atom. The van der Waals surface area contributed by atoms with Crippen LogP contribution in [0.5, 0.6) is 0 Å². The summed E-state index contributed by atoms with van der Waals surface area (Å²) in [4.78, 5) is 23.1. The van der Waals surface area contributed by atoms with Crippen LogP contribution in [0.1, 0.15) is 31.2 Å². The first-order valence-electron chi connectivity index (χ1n) is 6.29. The van der Waals surface area contributed by atoms with E-state index in [0.717, 1.165) is 5.56 Å². The van der Waals surface area contributed by atoms with Gasteiger partial charge in [0, 0.05) is 13.0 Å². The lowest BCUT2D eigenvalue weighted by Gasteiger charge is -2.19. The van der Waals surface area contributed by atoms with E-state index in [4.69, 9.17) is 10.2 Å². The topological polar surface area (TPSA) is 86.6 Å². The lowest BCUT2D eigenvalue weighted by molar-refractivity contribution is -0.142. The lowest BCUT2D eigenvalue weighted by atomic mass is 9.95. The Bertz CT molecular complexity index is 419. The van der Waals surface area contributed by atoms with Crippen LogP contribution >= 0.6 is 0 Å². The van der Waals surface area contributed by atoms with E-state index in [1.807, 2.05) is 37.3 Å². The van der Waals surface area contributed by atoms with Crippen molar-refractivity contribution < 1.29 is 19.8 Å². The zero-order valence-electron chi connectivity index (χ0n) is 10.9. The molecule has 5 heteroatoms. The van der Waals surface area contributed by atoms with Gasteiger partial charge in [-0.25, -0.2) is 4.79 Å². The molecule has 0 aliphatic rings. The first-order valence-corrected chi connectivity index (χ1v) is 6.29. The van der Waals surface area contributed by atoms with Gasteiger partial charge in [0.2, 0.25) is 5.91 Å². The van der Waals surface area contributed by atoms with Crippen molar-refractivity contribution >= 4 is 11.9 Å². The lowest BCUT2D eigenvalue weighted by Crippen LogP contribution is -2.43. The first kappa shape index (κ1) is 15.2. The minimum atomic E-state index is -1.13. The predicted molar refractivity (Wildman–Crippen MR) is 70.7 cm³/mol. The van der Waals surface area contributed by atoms with Gasteiger partial charge in [0.05, 0.1) is 5.92 Å². The van der Waals surface area contributed by atoms with Gasteiger partial charge in [0.1, 0.15) is 6.04 Å². The van der Waals surface area contributed by atoms with E-state index < -0.39 is 12.0 Å². The zero-order valence-corrected chi connectivity index (χ0v) is 10.9. The molecule has 0 aromatic heterocycles. The fourth-order valence-corrected chi connectivity index (χ4v) is 1.92. The molecule has 1 unspecified atom stereocenters. The number of amides is 1. The third-order valence-corrected chi connectivity index (χ3v) is 2.96. The van der Waals surface area contributed by atoms with Crippen LogP contribution in [-0.4, -0.2) is 34.7 Å². The van der Waals surface area contributed by atoms with E-state index in [1.54, 1.807) is 0 Å². The molecule has 1 aromatic carbocycles. The molecule has 0 spiro atoms. The van der Waals surface area contributed by atoms with Gasteiger partial charge in [-0.2, -0.15) is 0 Å². The van der Waals surface area contributed by atoms with Crippen LogP contribution in [0.3, 0.4) is 0 Å².